The Morgan fingerprint density at radius 1 is 1.27 bits per heavy atom. The molecule has 1 heteroatoms. The van der Waals surface area contributed by atoms with Gasteiger partial charge in [0.25, 0.3) is 0 Å². The summed E-state index contributed by atoms with van der Waals surface area (Å²) in [6.07, 6.45) is 7.15. The Morgan fingerprint density at radius 2 is 2.13 bits per heavy atom. The quantitative estimate of drug-likeness (QED) is 0.685. The molecule has 0 amide bonds. The highest BCUT2D eigenvalue weighted by atomic mass is 14.9. The molecule has 1 aromatic carbocycles. The molecule has 3 rings (SSSR count). The van der Waals surface area contributed by atoms with Crippen molar-refractivity contribution in [2.24, 2.45) is 5.92 Å². The molecular formula is C14H17N. The van der Waals surface area contributed by atoms with Crippen molar-refractivity contribution in [3.8, 4) is 0 Å². The van der Waals surface area contributed by atoms with Crippen molar-refractivity contribution in [3.63, 3.8) is 0 Å². The summed E-state index contributed by atoms with van der Waals surface area (Å²) >= 11 is 0. The summed E-state index contributed by atoms with van der Waals surface area (Å²) < 4.78 is 0. The van der Waals surface area contributed by atoms with Crippen LogP contribution in [0.2, 0.25) is 0 Å². The molecule has 2 aliphatic rings. The summed E-state index contributed by atoms with van der Waals surface area (Å²) in [6, 6.07) is 9.58. The first kappa shape index (κ1) is 9.17. The number of allylic oxidation sites excluding steroid dienone is 1. The fraction of sp³-hybridized carbons (Fsp3) is 0.429. The maximum absolute atomic E-state index is 3.50. The normalized spacial score (nSPS) is 32.5. The van der Waals surface area contributed by atoms with E-state index in [4.69, 9.17) is 0 Å². The number of rotatable bonds is 1. The van der Waals surface area contributed by atoms with E-state index in [9.17, 15) is 0 Å². The van der Waals surface area contributed by atoms with Crippen LogP contribution >= 0.6 is 0 Å². The van der Waals surface area contributed by atoms with Crippen LogP contribution in [-0.4, -0.2) is 13.1 Å². The summed E-state index contributed by atoms with van der Waals surface area (Å²) in [5.74, 6) is 1.39. The Balaban J connectivity index is 2.08. The van der Waals surface area contributed by atoms with Crippen LogP contribution < -0.4 is 5.32 Å². The number of fused-ring (bicyclic) bond motifs is 4. The van der Waals surface area contributed by atoms with Gasteiger partial charge >= 0.3 is 0 Å². The van der Waals surface area contributed by atoms with Gasteiger partial charge in [-0.3, -0.25) is 0 Å². The first-order valence-corrected chi connectivity index (χ1v) is 5.82. The molecule has 0 saturated heterocycles. The molecule has 3 atom stereocenters. The van der Waals surface area contributed by atoms with E-state index in [-0.39, 0.29) is 0 Å². The van der Waals surface area contributed by atoms with Crippen LogP contribution in [0.25, 0.3) is 0 Å². The summed E-state index contributed by atoms with van der Waals surface area (Å²) in [5, 5.41) is 3.50. The topological polar surface area (TPSA) is 12.0 Å². The molecule has 1 aromatic rings. The molecular weight excluding hydrogens is 182 g/mol. The molecule has 15 heavy (non-hydrogen) atoms. The Hall–Kier alpha value is -1.08. The molecule has 0 saturated carbocycles. The zero-order chi connectivity index (χ0) is 10.3. The number of nitrogens with one attached hydrogen (secondary N) is 1. The average molecular weight is 199 g/mol. The van der Waals surface area contributed by atoms with Gasteiger partial charge < -0.3 is 5.32 Å². The molecule has 0 radical (unpaired) electrons. The van der Waals surface area contributed by atoms with Gasteiger partial charge in [0, 0.05) is 12.0 Å². The lowest BCUT2D eigenvalue weighted by Gasteiger charge is -2.40. The minimum absolute atomic E-state index is 0.643. The van der Waals surface area contributed by atoms with Crippen LogP contribution in [0.1, 0.15) is 23.5 Å². The summed E-state index contributed by atoms with van der Waals surface area (Å²) in [6.45, 7) is 0. The summed E-state index contributed by atoms with van der Waals surface area (Å²) in [7, 11) is 2.10. The van der Waals surface area contributed by atoms with Crippen LogP contribution in [0.3, 0.4) is 0 Å². The Labute approximate surface area is 91.2 Å². The predicted octanol–water partition coefficient (Wildman–Crippen LogP) is 2.49. The minimum Gasteiger partial charge on any atom is -0.316 e. The average Bonchev–Trinajstić information content (AvgIpc) is 2.28. The first-order chi connectivity index (χ1) is 7.40. The summed E-state index contributed by atoms with van der Waals surface area (Å²) in [5.41, 5.74) is 3.13. The molecule has 2 bridgehead atoms. The molecule has 78 valence electrons. The van der Waals surface area contributed by atoms with E-state index in [2.05, 4.69) is 48.8 Å². The van der Waals surface area contributed by atoms with Gasteiger partial charge in [-0.15, -0.1) is 0 Å². The van der Waals surface area contributed by atoms with Gasteiger partial charge in [0.2, 0.25) is 0 Å². The highest BCUT2D eigenvalue weighted by molar-refractivity contribution is 5.38. The molecule has 0 spiro atoms. The standard InChI is InChI=1S/C14H17N/c1-15-14-11-6-4-8-13(14)12-7-3-2-5-10(12)9-11/h2-7,11,13-15H,8-9H2,1H3. The smallest absolute Gasteiger partial charge is 0.0202 e. The largest absolute Gasteiger partial charge is 0.316 e. The van der Waals surface area contributed by atoms with Crippen molar-refractivity contribution in [2.45, 2.75) is 24.8 Å². The van der Waals surface area contributed by atoms with Gasteiger partial charge in [-0.05, 0) is 36.9 Å². The lowest BCUT2D eigenvalue weighted by atomic mass is 9.69. The second-order valence-electron chi connectivity index (χ2n) is 4.65. The maximum atomic E-state index is 3.50. The Morgan fingerprint density at radius 3 is 3.00 bits per heavy atom. The molecule has 3 unspecified atom stereocenters. The van der Waals surface area contributed by atoms with E-state index in [0.717, 1.165) is 0 Å². The van der Waals surface area contributed by atoms with Crippen LogP contribution in [0.5, 0.6) is 0 Å². The number of hydrogen-bond acceptors (Lipinski definition) is 1. The van der Waals surface area contributed by atoms with Gasteiger partial charge in [-0.2, -0.15) is 0 Å². The van der Waals surface area contributed by atoms with E-state index < -0.39 is 0 Å². The maximum Gasteiger partial charge on any atom is 0.0202 e. The Bertz CT molecular complexity index is 394. The zero-order valence-corrected chi connectivity index (χ0v) is 9.11. The third-order valence-corrected chi connectivity index (χ3v) is 3.91. The van der Waals surface area contributed by atoms with E-state index in [1.54, 1.807) is 11.1 Å². The van der Waals surface area contributed by atoms with E-state index in [1.165, 1.54) is 12.8 Å². The van der Waals surface area contributed by atoms with Crippen LogP contribution in [0.15, 0.2) is 36.4 Å². The van der Waals surface area contributed by atoms with Gasteiger partial charge in [0.15, 0.2) is 0 Å². The molecule has 0 heterocycles. The van der Waals surface area contributed by atoms with E-state index >= 15 is 0 Å². The van der Waals surface area contributed by atoms with E-state index in [1.807, 2.05) is 0 Å². The third-order valence-electron chi connectivity index (χ3n) is 3.91. The van der Waals surface area contributed by atoms with Gasteiger partial charge in [-0.25, -0.2) is 0 Å². The van der Waals surface area contributed by atoms with Crippen molar-refractivity contribution < 1.29 is 0 Å². The molecule has 0 fully saturated rings. The molecule has 1 nitrogen and oxygen atoms in total. The SMILES string of the molecule is CNC1C2C=CCC1c1ccccc1C2. The highest BCUT2D eigenvalue weighted by Crippen LogP contribution is 2.40. The number of hydrogen-bond donors (Lipinski definition) is 1. The monoisotopic (exact) mass is 199 g/mol. The Kier molecular flexibility index (Phi) is 2.14. The van der Waals surface area contributed by atoms with Crippen LogP contribution in [-0.2, 0) is 6.42 Å². The second kappa shape index (κ2) is 3.49. The fourth-order valence-electron chi connectivity index (χ4n) is 3.23. The lowest BCUT2D eigenvalue weighted by Crippen LogP contribution is -2.44. The molecule has 2 aliphatic carbocycles. The van der Waals surface area contributed by atoms with Crippen molar-refractivity contribution in [3.05, 3.63) is 47.5 Å². The predicted molar refractivity (Wildman–Crippen MR) is 63.0 cm³/mol. The molecule has 0 aliphatic heterocycles. The van der Waals surface area contributed by atoms with Gasteiger partial charge in [-0.1, -0.05) is 36.4 Å². The zero-order valence-electron chi connectivity index (χ0n) is 9.11. The van der Waals surface area contributed by atoms with Crippen molar-refractivity contribution in [2.75, 3.05) is 7.05 Å². The van der Waals surface area contributed by atoms with Crippen molar-refractivity contribution >= 4 is 0 Å². The minimum atomic E-state index is 0.643. The molecule has 1 N–H and O–H groups in total. The number of likely N-dealkylation sites (N-methyl/N-ethyl adjacent to an activating group) is 1. The fourth-order valence-corrected chi connectivity index (χ4v) is 3.23. The van der Waals surface area contributed by atoms with Gasteiger partial charge in [0.1, 0.15) is 0 Å². The number of benzene rings is 1. The van der Waals surface area contributed by atoms with Crippen molar-refractivity contribution in [1.82, 2.24) is 5.32 Å². The summed E-state index contributed by atoms with van der Waals surface area (Å²) in [4.78, 5) is 0. The first-order valence-electron chi connectivity index (χ1n) is 5.82. The van der Waals surface area contributed by atoms with Crippen molar-refractivity contribution in [1.29, 1.82) is 0 Å². The van der Waals surface area contributed by atoms with E-state index in [0.29, 0.717) is 17.9 Å². The van der Waals surface area contributed by atoms with Gasteiger partial charge in [0.05, 0.1) is 0 Å². The second-order valence-corrected chi connectivity index (χ2v) is 4.65. The van der Waals surface area contributed by atoms with Crippen LogP contribution in [0, 0.1) is 5.92 Å². The molecule has 0 aromatic heterocycles. The highest BCUT2D eigenvalue weighted by Gasteiger charge is 2.35. The van der Waals surface area contributed by atoms with Crippen LogP contribution in [0.4, 0.5) is 0 Å². The third kappa shape index (κ3) is 1.34. The lowest BCUT2D eigenvalue weighted by molar-refractivity contribution is 0.330.